The molecule has 0 amide bonds. The van der Waals surface area contributed by atoms with E-state index in [2.05, 4.69) is 26.1 Å². The molecular weight excluding hydrogens is 212 g/mol. The summed E-state index contributed by atoms with van der Waals surface area (Å²) in [6, 6.07) is 7.80. The van der Waals surface area contributed by atoms with Gasteiger partial charge in [-0.05, 0) is 18.4 Å². The number of benzene rings is 1. The molecule has 2 rings (SSSR count). The van der Waals surface area contributed by atoms with Crippen molar-refractivity contribution in [1.82, 2.24) is 4.98 Å². The van der Waals surface area contributed by atoms with E-state index < -0.39 is 0 Å². The Hall–Kier alpha value is -1.61. The van der Waals surface area contributed by atoms with Gasteiger partial charge in [-0.2, -0.15) is 0 Å². The van der Waals surface area contributed by atoms with Gasteiger partial charge in [0.05, 0.1) is 21.1 Å². The summed E-state index contributed by atoms with van der Waals surface area (Å²) in [4.78, 5) is 14.8. The molecule has 0 aliphatic carbocycles. The van der Waals surface area contributed by atoms with Gasteiger partial charge >= 0.3 is 0 Å². The first-order chi connectivity index (χ1) is 7.88. The van der Waals surface area contributed by atoms with Crippen molar-refractivity contribution in [3.8, 4) is 0 Å². The maximum atomic E-state index is 11.9. The van der Waals surface area contributed by atoms with Crippen LogP contribution in [0.5, 0.6) is 0 Å². The van der Waals surface area contributed by atoms with Crippen molar-refractivity contribution in [2.45, 2.75) is 13.5 Å². The Kier molecular flexibility index (Phi) is 2.79. The van der Waals surface area contributed by atoms with Crippen molar-refractivity contribution in [3.63, 3.8) is 0 Å². The molecule has 90 valence electrons. The predicted molar refractivity (Wildman–Crippen MR) is 71.0 cm³/mol. The Balaban J connectivity index is 2.74. The lowest BCUT2D eigenvalue weighted by Crippen LogP contribution is -2.34. The van der Waals surface area contributed by atoms with Crippen molar-refractivity contribution >= 4 is 10.8 Å². The van der Waals surface area contributed by atoms with Gasteiger partial charge in [0.25, 0.3) is 5.56 Å². The molecule has 3 heteroatoms. The molecule has 0 aliphatic rings. The van der Waals surface area contributed by atoms with E-state index in [4.69, 9.17) is 0 Å². The lowest BCUT2D eigenvalue weighted by atomic mass is 10.0. The smallest absolute Gasteiger partial charge is 0.256 e. The van der Waals surface area contributed by atoms with Crippen molar-refractivity contribution in [2.24, 2.45) is 0 Å². The highest BCUT2D eigenvalue weighted by molar-refractivity contribution is 5.85. The number of aromatic nitrogens is 1. The second kappa shape index (κ2) is 4.00. The molecule has 0 saturated heterocycles. The summed E-state index contributed by atoms with van der Waals surface area (Å²) in [6.07, 6.45) is 0. The first kappa shape index (κ1) is 11.9. The second-order valence-corrected chi connectivity index (χ2v) is 5.55. The van der Waals surface area contributed by atoms with Gasteiger partial charge in [-0.1, -0.05) is 18.2 Å². The summed E-state index contributed by atoms with van der Waals surface area (Å²) in [7, 11) is 6.46. The number of pyridine rings is 1. The van der Waals surface area contributed by atoms with Crippen molar-refractivity contribution in [1.29, 1.82) is 0 Å². The number of rotatable bonds is 2. The molecule has 0 saturated carbocycles. The third-order valence-corrected chi connectivity index (χ3v) is 2.88. The number of hydrogen-bond donors (Lipinski definition) is 1. The van der Waals surface area contributed by atoms with Crippen LogP contribution in [0.3, 0.4) is 0 Å². The summed E-state index contributed by atoms with van der Waals surface area (Å²) in [5, 5.41) is 1.85. The van der Waals surface area contributed by atoms with Gasteiger partial charge in [0.2, 0.25) is 0 Å². The van der Waals surface area contributed by atoms with Crippen LogP contribution in [0.2, 0.25) is 0 Å². The number of nitrogens with zero attached hydrogens (tertiary/aromatic N) is 1. The summed E-state index contributed by atoms with van der Waals surface area (Å²) in [6.45, 7) is 2.88. The second-order valence-electron chi connectivity index (χ2n) is 5.55. The van der Waals surface area contributed by atoms with E-state index in [0.29, 0.717) is 0 Å². The highest BCUT2D eigenvalue weighted by atomic mass is 16.1. The molecule has 0 fully saturated rings. The van der Waals surface area contributed by atoms with Crippen LogP contribution in [0.15, 0.2) is 29.1 Å². The van der Waals surface area contributed by atoms with Gasteiger partial charge in [-0.25, -0.2) is 0 Å². The lowest BCUT2D eigenvalue weighted by Gasteiger charge is -2.25. The number of hydrogen-bond acceptors (Lipinski definition) is 1. The normalized spacial score (nSPS) is 12.0. The summed E-state index contributed by atoms with van der Waals surface area (Å²) in [5.41, 5.74) is 2.21. The third kappa shape index (κ3) is 2.39. The van der Waals surface area contributed by atoms with E-state index in [1.54, 1.807) is 0 Å². The Morgan fingerprint density at radius 3 is 2.29 bits per heavy atom. The molecule has 1 heterocycles. The van der Waals surface area contributed by atoms with Crippen LogP contribution in [-0.4, -0.2) is 30.6 Å². The number of fused-ring (bicyclic) bond motifs is 1. The Morgan fingerprint density at radius 2 is 1.71 bits per heavy atom. The Bertz CT molecular complexity index is 606. The largest absolute Gasteiger partial charge is 0.327 e. The minimum atomic E-state index is 0.00302. The molecule has 17 heavy (non-hydrogen) atoms. The quantitative estimate of drug-likeness (QED) is 0.788. The molecule has 1 N–H and O–H groups in total. The lowest BCUT2D eigenvalue weighted by molar-refractivity contribution is -0.883. The number of H-pyrrole nitrogens is 1. The van der Waals surface area contributed by atoms with Gasteiger partial charge < -0.3 is 9.47 Å². The molecule has 0 unspecified atom stereocenters. The predicted octanol–water partition coefficient (Wildman–Crippen LogP) is 2.04. The highest BCUT2D eigenvalue weighted by Gasteiger charge is 2.15. The Labute approximate surface area is 101 Å². The third-order valence-electron chi connectivity index (χ3n) is 2.88. The van der Waals surface area contributed by atoms with Crippen LogP contribution in [-0.2, 0) is 6.54 Å². The number of quaternary nitrogens is 1. The summed E-state index contributed by atoms with van der Waals surface area (Å²) in [5.74, 6) is 0. The molecule has 0 aliphatic heterocycles. The Morgan fingerprint density at radius 1 is 1.12 bits per heavy atom. The zero-order valence-corrected chi connectivity index (χ0v) is 10.9. The van der Waals surface area contributed by atoms with Gasteiger partial charge in [0.1, 0.15) is 6.54 Å². The van der Waals surface area contributed by atoms with E-state index in [0.717, 1.165) is 27.5 Å². The molecule has 1 aromatic carbocycles. The maximum absolute atomic E-state index is 11.9. The first-order valence-electron chi connectivity index (χ1n) is 5.79. The minimum absolute atomic E-state index is 0.00302. The fourth-order valence-corrected chi connectivity index (χ4v) is 2.14. The van der Waals surface area contributed by atoms with Gasteiger partial charge in [0.15, 0.2) is 0 Å². The standard InChI is InChI=1S/C14H18N2O/c1-10-13(9-16(2,3)4)11-7-5-6-8-12(11)14(17)15-10/h5-8H,9H2,1-4H3/p+1. The number of nitrogens with one attached hydrogen (secondary N) is 1. The molecule has 0 radical (unpaired) electrons. The number of aromatic amines is 1. The molecule has 0 atom stereocenters. The van der Waals surface area contributed by atoms with Crippen molar-refractivity contribution in [2.75, 3.05) is 21.1 Å². The van der Waals surface area contributed by atoms with E-state index in [1.807, 2.05) is 31.2 Å². The van der Waals surface area contributed by atoms with Crippen LogP contribution < -0.4 is 5.56 Å². The average molecular weight is 231 g/mol. The molecule has 2 aromatic rings. The molecule has 0 bridgehead atoms. The zero-order valence-electron chi connectivity index (χ0n) is 10.9. The highest BCUT2D eigenvalue weighted by Crippen LogP contribution is 2.20. The fraction of sp³-hybridized carbons (Fsp3) is 0.357. The van der Waals surface area contributed by atoms with E-state index in [1.165, 1.54) is 5.56 Å². The summed E-state index contributed by atoms with van der Waals surface area (Å²) >= 11 is 0. The molecule has 0 spiro atoms. The van der Waals surface area contributed by atoms with E-state index >= 15 is 0 Å². The monoisotopic (exact) mass is 231 g/mol. The first-order valence-corrected chi connectivity index (χ1v) is 5.79. The van der Waals surface area contributed by atoms with Gasteiger partial charge in [-0.15, -0.1) is 0 Å². The topological polar surface area (TPSA) is 32.9 Å². The van der Waals surface area contributed by atoms with Gasteiger partial charge in [0, 0.05) is 16.6 Å². The van der Waals surface area contributed by atoms with Gasteiger partial charge in [-0.3, -0.25) is 4.79 Å². The molecule has 1 aromatic heterocycles. The van der Waals surface area contributed by atoms with Crippen LogP contribution in [0.4, 0.5) is 0 Å². The molecular formula is C14H19N2O+. The van der Waals surface area contributed by atoms with Crippen LogP contribution in [0.1, 0.15) is 11.3 Å². The van der Waals surface area contributed by atoms with E-state index in [-0.39, 0.29) is 5.56 Å². The fourth-order valence-electron chi connectivity index (χ4n) is 2.14. The van der Waals surface area contributed by atoms with Crippen molar-refractivity contribution in [3.05, 3.63) is 45.9 Å². The van der Waals surface area contributed by atoms with Crippen LogP contribution in [0, 0.1) is 6.92 Å². The summed E-state index contributed by atoms with van der Waals surface area (Å²) < 4.78 is 0.844. The van der Waals surface area contributed by atoms with Crippen LogP contribution >= 0.6 is 0 Å². The SMILES string of the molecule is Cc1[nH]c(=O)c2ccccc2c1C[N+](C)(C)C. The van der Waals surface area contributed by atoms with Crippen LogP contribution in [0.25, 0.3) is 10.8 Å². The maximum Gasteiger partial charge on any atom is 0.256 e. The molecule has 3 nitrogen and oxygen atoms in total. The zero-order chi connectivity index (χ0) is 12.6. The number of aryl methyl sites for hydroxylation is 1. The average Bonchev–Trinajstić information content (AvgIpc) is 2.23. The minimum Gasteiger partial charge on any atom is -0.327 e. The van der Waals surface area contributed by atoms with Crippen molar-refractivity contribution < 1.29 is 4.48 Å². The van der Waals surface area contributed by atoms with E-state index in [9.17, 15) is 4.79 Å².